The van der Waals surface area contributed by atoms with E-state index in [1.807, 2.05) is 42.5 Å². The first kappa shape index (κ1) is 18.1. The molecule has 1 aromatic heterocycles. The molecule has 0 amide bonds. The van der Waals surface area contributed by atoms with Gasteiger partial charge in [-0.3, -0.25) is 9.78 Å². The van der Waals surface area contributed by atoms with Crippen LogP contribution in [-0.4, -0.2) is 28.5 Å². The summed E-state index contributed by atoms with van der Waals surface area (Å²) in [5.74, 6) is 1.40. The standard InChI is InChI=1S/C19H19N5O3/c1-13-18(25)21-19(24-22-13)23-20-11-15-8-9-16(17(10-15)26-2)27-12-14-6-4-3-5-7-14/h3-11H,12H2,1-2H3,(H2,21,23,24,25)/b20-11+. The Morgan fingerprint density at radius 2 is 1.96 bits per heavy atom. The van der Waals surface area contributed by atoms with Gasteiger partial charge in [-0.25, -0.2) is 5.43 Å². The summed E-state index contributed by atoms with van der Waals surface area (Å²) in [5, 5.41) is 11.6. The average Bonchev–Trinajstić information content (AvgIpc) is 2.70. The van der Waals surface area contributed by atoms with Crippen LogP contribution >= 0.6 is 0 Å². The third kappa shape index (κ3) is 4.91. The third-order valence-electron chi connectivity index (χ3n) is 3.67. The fraction of sp³-hybridized carbons (Fsp3) is 0.158. The molecule has 2 aromatic carbocycles. The van der Waals surface area contributed by atoms with Crippen molar-refractivity contribution < 1.29 is 9.47 Å². The van der Waals surface area contributed by atoms with Crippen molar-refractivity contribution in [2.24, 2.45) is 5.10 Å². The second kappa shape index (κ2) is 8.61. The predicted octanol–water partition coefficient (Wildman–Crippen LogP) is 2.51. The normalized spacial score (nSPS) is 10.7. The number of nitrogens with zero attached hydrogens (tertiary/aromatic N) is 3. The van der Waals surface area contributed by atoms with E-state index < -0.39 is 0 Å². The molecule has 3 aromatic rings. The Morgan fingerprint density at radius 1 is 1.15 bits per heavy atom. The van der Waals surface area contributed by atoms with Crippen LogP contribution in [0.1, 0.15) is 16.8 Å². The van der Waals surface area contributed by atoms with Crippen molar-refractivity contribution in [3.63, 3.8) is 0 Å². The number of aromatic amines is 1. The molecular formula is C19H19N5O3. The average molecular weight is 365 g/mol. The van der Waals surface area contributed by atoms with Gasteiger partial charge in [0.1, 0.15) is 12.3 Å². The summed E-state index contributed by atoms with van der Waals surface area (Å²) >= 11 is 0. The molecule has 2 N–H and O–H groups in total. The minimum absolute atomic E-state index is 0.164. The van der Waals surface area contributed by atoms with Crippen LogP contribution in [0.2, 0.25) is 0 Å². The lowest BCUT2D eigenvalue weighted by atomic mass is 10.2. The first-order chi connectivity index (χ1) is 13.2. The van der Waals surface area contributed by atoms with Gasteiger partial charge in [0.2, 0.25) is 5.95 Å². The van der Waals surface area contributed by atoms with E-state index in [9.17, 15) is 4.79 Å². The third-order valence-corrected chi connectivity index (χ3v) is 3.67. The Hall–Kier alpha value is -3.68. The van der Waals surface area contributed by atoms with Crippen LogP contribution in [0.4, 0.5) is 5.95 Å². The number of rotatable bonds is 7. The fourth-order valence-electron chi connectivity index (χ4n) is 2.23. The Balaban J connectivity index is 1.66. The molecule has 8 nitrogen and oxygen atoms in total. The van der Waals surface area contributed by atoms with Crippen LogP contribution in [0.25, 0.3) is 0 Å². The monoisotopic (exact) mass is 365 g/mol. The molecule has 0 spiro atoms. The minimum atomic E-state index is -0.315. The Kier molecular flexibility index (Phi) is 5.78. The molecule has 0 unspecified atom stereocenters. The largest absolute Gasteiger partial charge is 0.493 e. The van der Waals surface area contributed by atoms with E-state index in [-0.39, 0.29) is 11.5 Å². The summed E-state index contributed by atoms with van der Waals surface area (Å²) in [6.45, 7) is 2.03. The zero-order valence-electron chi connectivity index (χ0n) is 15.0. The maximum Gasteiger partial charge on any atom is 0.274 e. The van der Waals surface area contributed by atoms with E-state index in [4.69, 9.17) is 9.47 Å². The number of benzene rings is 2. The molecular weight excluding hydrogens is 346 g/mol. The topological polar surface area (TPSA) is 101 Å². The number of aromatic nitrogens is 3. The highest BCUT2D eigenvalue weighted by atomic mass is 16.5. The molecule has 0 fully saturated rings. The van der Waals surface area contributed by atoms with Crippen LogP contribution < -0.4 is 20.5 Å². The van der Waals surface area contributed by atoms with Gasteiger partial charge >= 0.3 is 0 Å². The molecule has 8 heteroatoms. The summed E-state index contributed by atoms with van der Waals surface area (Å²) < 4.78 is 11.2. The van der Waals surface area contributed by atoms with Crippen molar-refractivity contribution >= 4 is 12.2 Å². The van der Waals surface area contributed by atoms with Crippen LogP contribution in [0.5, 0.6) is 11.5 Å². The SMILES string of the molecule is COc1cc(/C=N/Nc2nnc(C)c(=O)[nH]2)ccc1OCc1ccccc1. The van der Waals surface area contributed by atoms with Gasteiger partial charge in [-0.2, -0.15) is 5.10 Å². The van der Waals surface area contributed by atoms with Crippen molar-refractivity contribution in [3.05, 3.63) is 75.7 Å². The molecule has 0 bridgehead atoms. The van der Waals surface area contributed by atoms with E-state index >= 15 is 0 Å². The highest BCUT2D eigenvalue weighted by Gasteiger charge is 2.06. The Morgan fingerprint density at radius 3 is 2.70 bits per heavy atom. The number of nitrogens with one attached hydrogen (secondary N) is 2. The minimum Gasteiger partial charge on any atom is -0.493 e. The smallest absolute Gasteiger partial charge is 0.274 e. The van der Waals surface area contributed by atoms with Crippen molar-refractivity contribution in [1.82, 2.24) is 15.2 Å². The lowest BCUT2D eigenvalue weighted by molar-refractivity contribution is 0.284. The van der Waals surface area contributed by atoms with Gasteiger partial charge in [0, 0.05) is 0 Å². The highest BCUT2D eigenvalue weighted by Crippen LogP contribution is 2.28. The van der Waals surface area contributed by atoms with E-state index in [1.165, 1.54) is 0 Å². The molecule has 0 atom stereocenters. The molecule has 0 aliphatic carbocycles. The lowest BCUT2D eigenvalue weighted by Crippen LogP contribution is -2.15. The second-order valence-corrected chi connectivity index (χ2v) is 5.64. The first-order valence-electron chi connectivity index (χ1n) is 8.23. The zero-order chi connectivity index (χ0) is 19.1. The van der Waals surface area contributed by atoms with Crippen molar-refractivity contribution in [3.8, 4) is 11.5 Å². The van der Waals surface area contributed by atoms with Crippen LogP contribution in [0.3, 0.4) is 0 Å². The molecule has 0 aliphatic rings. The van der Waals surface area contributed by atoms with Crippen LogP contribution in [0, 0.1) is 6.92 Å². The van der Waals surface area contributed by atoms with Gasteiger partial charge in [0.15, 0.2) is 11.5 Å². The molecule has 0 saturated heterocycles. The van der Waals surface area contributed by atoms with Gasteiger partial charge in [0.25, 0.3) is 5.56 Å². The van der Waals surface area contributed by atoms with Crippen LogP contribution in [0.15, 0.2) is 58.4 Å². The molecule has 0 radical (unpaired) electrons. The molecule has 0 aliphatic heterocycles. The van der Waals surface area contributed by atoms with E-state index in [2.05, 4.69) is 25.7 Å². The number of hydrogen-bond donors (Lipinski definition) is 2. The second-order valence-electron chi connectivity index (χ2n) is 5.64. The molecule has 138 valence electrons. The number of methoxy groups -OCH3 is 1. The van der Waals surface area contributed by atoms with E-state index in [1.54, 1.807) is 26.3 Å². The van der Waals surface area contributed by atoms with Gasteiger partial charge in [-0.05, 0) is 36.2 Å². The van der Waals surface area contributed by atoms with Gasteiger partial charge in [0.05, 0.1) is 13.3 Å². The number of aryl methyl sites for hydroxylation is 1. The fourth-order valence-corrected chi connectivity index (χ4v) is 2.23. The first-order valence-corrected chi connectivity index (χ1v) is 8.23. The highest BCUT2D eigenvalue weighted by molar-refractivity contribution is 5.81. The van der Waals surface area contributed by atoms with Gasteiger partial charge in [-0.15, -0.1) is 10.2 Å². The van der Waals surface area contributed by atoms with Gasteiger partial charge in [-0.1, -0.05) is 30.3 Å². The molecule has 1 heterocycles. The Bertz CT molecular complexity index is 986. The molecule has 3 rings (SSSR count). The molecule has 27 heavy (non-hydrogen) atoms. The number of H-pyrrole nitrogens is 1. The summed E-state index contributed by atoms with van der Waals surface area (Å²) in [4.78, 5) is 14.0. The summed E-state index contributed by atoms with van der Waals surface area (Å²) in [6, 6.07) is 15.4. The van der Waals surface area contributed by atoms with E-state index in [0.717, 1.165) is 11.1 Å². The van der Waals surface area contributed by atoms with Gasteiger partial charge < -0.3 is 9.47 Å². The number of anilines is 1. The maximum absolute atomic E-state index is 11.5. The Labute approximate surface area is 155 Å². The predicted molar refractivity (Wildman–Crippen MR) is 102 cm³/mol. The zero-order valence-corrected chi connectivity index (χ0v) is 15.0. The number of ether oxygens (including phenoxy) is 2. The number of hydrazone groups is 1. The number of hydrogen-bond acceptors (Lipinski definition) is 7. The summed E-state index contributed by atoms with van der Waals surface area (Å²) in [7, 11) is 1.58. The summed E-state index contributed by atoms with van der Waals surface area (Å²) in [6.07, 6.45) is 1.57. The van der Waals surface area contributed by atoms with Crippen molar-refractivity contribution in [1.29, 1.82) is 0 Å². The van der Waals surface area contributed by atoms with E-state index in [0.29, 0.717) is 23.8 Å². The lowest BCUT2D eigenvalue weighted by Gasteiger charge is -2.11. The molecule has 0 saturated carbocycles. The summed E-state index contributed by atoms with van der Waals surface area (Å²) in [5.41, 5.74) is 4.46. The maximum atomic E-state index is 11.5. The van der Waals surface area contributed by atoms with Crippen molar-refractivity contribution in [2.45, 2.75) is 13.5 Å². The van der Waals surface area contributed by atoms with Crippen LogP contribution in [-0.2, 0) is 6.61 Å². The van der Waals surface area contributed by atoms with Crippen molar-refractivity contribution in [2.75, 3.05) is 12.5 Å². The quantitative estimate of drug-likeness (QED) is 0.493.